The molecule has 1 amide bonds. The molecule has 0 spiro atoms. The molecule has 1 aliphatic heterocycles. The van der Waals surface area contributed by atoms with Crippen LogP contribution in [0.2, 0.25) is 0 Å². The second-order valence-electron chi connectivity index (χ2n) is 5.99. The Morgan fingerprint density at radius 2 is 1.88 bits per heavy atom. The molecule has 16 heavy (non-hydrogen) atoms. The van der Waals surface area contributed by atoms with Crippen LogP contribution in [0.3, 0.4) is 0 Å². The van der Waals surface area contributed by atoms with E-state index in [2.05, 4.69) is 33.0 Å². The molecule has 1 fully saturated rings. The number of rotatable bonds is 4. The lowest BCUT2D eigenvalue weighted by Gasteiger charge is -2.27. The lowest BCUT2D eigenvalue weighted by molar-refractivity contribution is -0.129. The first-order valence-electron chi connectivity index (χ1n) is 6.40. The number of hydrogen-bond acceptors (Lipinski definition) is 2. The molecule has 0 aromatic heterocycles. The van der Waals surface area contributed by atoms with Gasteiger partial charge in [-0.05, 0) is 30.7 Å². The molecule has 1 atom stereocenters. The van der Waals surface area contributed by atoms with E-state index in [0.29, 0.717) is 17.9 Å². The van der Waals surface area contributed by atoms with Crippen molar-refractivity contribution in [2.45, 2.75) is 40.5 Å². The first kappa shape index (κ1) is 13.5. The van der Waals surface area contributed by atoms with Gasteiger partial charge in [-0.25, -0.2) is 0 Å². The first-order chi connectivity index (χ1) is 7.41. The molecule has 3 nitrogen and oxygen atoms in total. The van der Waals surface area contributed by atoms with Crippen molar-refractivity contribution in [1.29, 1.82) is 0 Å². The predicted octanol–water partition coefficient (Wildman–Crippen LogP) is 1.88. The van der Waals surface area contributed by atoms with Gasteiger partial charge in [-0.3, -0.25) is 4.79 Å². The minimum atomic E-state index is 0.263. The summed E-state index contributed by atoms with van der Waals surface area (Å²) in [6.45, 7) is 12.3. The lowest BCUT2D eigenvalue weighted by atomic mass is 9.82. The van der Waals surface area contributed by atoms with E-state index < -0.39 is 0 Å². The van der Waals surface area contributed by atoms with Gasteiger partial charge in [-0.1, -0.05) is 27.7 Å². The van der Waals surface area contributed by atoms with Gasteiger partial charge in [0.15, 0.2) is 0 Å². The summed E-state index contributed by atoms with van der Waals surface area (Å²) in [6.07, 6.45) is 2.34. The summed E-state index contributed by atoms with van der Waals surface area (Å²) < 4.78 is 0. The molecule has 0 bridgehead atoms. The monoisotopic (exact) mass is 226 g/mol. The van der Waals surface area contributed by atoms with Crippen LogP contribution in [0.1, 0.15) is 40.5 Å². The lowest BCUT2D eigenvalue weighted by Crippen LogP contribution is -2.39. The number of carbonyl (C=O) groups is 1. The van der Waals surface area contributed by atoms with Gasteiger partial charge in [-0.2, -0.15) is 0 Å². The van der Waals surface area contributed by atoms with Gasteiger partial charge in [0.05, 0.1) is 6.54 Å². The SMILES string of the molecule is CC(CNCC(=O)N1CCCC1)C(C)(C)C. The molecule has 0 aromatic carbocycles. The van der Waals surface area contributed by atoms with Crippen LogP contribution in [0, 0.1) is 11.3 Å². The second kappa shape index (κ2) is 5.67. The maximum Gasteiger partial charge on any atom is 0.236 e. The molecule has 0 aromatic rings. The summed E-state index contributed by atoms with van der Waals surface area (Å²) in [7, 11) is 0. The molecule has 1 aliphatic rings. The number of nitrogens with one attached hydrogen (secondary N) is 1. The van der Waals surface area contributed by atoms with Crippen molar-refractivity contribution in [3.05, 3.63) is 0 Å². The van der Waals surface area contributed by atoms with Crippen molar-refractivity contribution >= 4 is 5.91 Å². The number of carbonyl (C=O) groups excluding carboxylic acids is 1. The first-order valence-corrected chi connectivity index (χ1v) is 6.40. The molecule has 1 heterocycles. The van der Waals surface area contributed by atoms with Crippen molar-refractivity contribution in [3.63, 3.8) is 0 Å². The molecule has 1 unspecified atom stereocenters. The summed E-state index contributed by atoms with van der Waals surface area (Å²) in [4.78, 5) is 13.7. The number of likely N-dealkylation sites (tertiary alicyclic amines) is 1. The average molecular weight is 226 g/mol. The van der Waals surface area contributed by atoms with E-state index in [9.17, 15) is 4.79 Å². The number of nitrogens with zero attached hydrogens (tertiary/aromatic N) is 1. The fourth-order valence-electron chi connectivity index (χ4n) is 1.78. The molecular weight excluding hydrogens is 200 g/mol. The molecule has 3 heteroatoms. The van der Waals surface area contributed by atoms with Gasteiger partial charge in [0.1, 0.15) is 0 Å². The van der Waals surface area contributed by atoms with Gasteiger partial charge in [-0.15, -0.1) is 0 Å². The van der Waals surface area contributed by atoms with Crippen LogP contribution in [0.4, 0.5) is 0 Å². The Hall–Kier alpha value is -0.570. The Morgan fingerprint density at radius 1 is 1.31 bits per heavy atom. The fourth-order valence-corrected chi connectivity index (χ4v) is 1.78. The fraction of sp³-hybridized carbons (Fsp3) is 0.923. The zero-order valence-corrected chi connectivity index (χ0v) is 11.2. The van der Waals surface area contributed by atoms with Crippen LogP contribution in [0.5, 0.6) is 0 Å². The zero-order valence-electron chi connectivity index (χ0n) is 11.2. The van der Waals surface area contributed by atoms with Crippen LogP contribution in [0.25, 0.3) is 0 Å². The van der Waals surface area contributed by atoms with Crippen molar-refractivity contribution in [2.75, 3.05) is 26.2 Å². The van der Waals surface area contributed by atoms with Crippen molar-refractivity contribution in [3.8, 4) is 0 Å². The Bertz CT molecular complexity index is 227. The third kappa shape index (κ3) is 4.12. The quantitative estimate of drug-likeness (QED) is 0.794. The van der Waals surface area contributed by atoms with Gasteiger partial charge >= 0.3 is 0 Å². The van der Waals surface area contributed by atoms with E-state index in [1.165, 1.54) is 12.8 Å². The summed E-state index contributed by atoms with van der Waals surface area (Å²) in [5.41, 5.74) is 0.309. The van der Waals surface area contributed by atoms with E-state index in [0.717, 1.165) is 19.6 Å². The third-order valence-corrected chi connectivity index (χ3v) is 3.66. The summed E-state index contributed by atoms with van der Waals surface area (Å²) in [6, 6.07) is 0. The summed E-state index contributed by atoms with van der Waals surface area (Å²) in [5, 5.41) is 3.28. The maximum absolute atomic E-state index is 11.7. The molecule has 0 saturated carbocycles. The Morgan fingerprint density at radius 3 is 2.38 bits per heavy atom. The minimum absolute atomic E-state index is 0.263. The highest BCUT2D eigenvalue weighted by atomic mass is 16.2. The Kier molecular flexibility index (Phi) is 4.78. The zero-order chi connectivity index (χ0) is 12.2. The van der Waals surface area contributed by atoms with Crippen LogP contribution >= 0.6 is 0 Å². The molecule has 1 N–H and O–H groups in total. The third-order valence-electron chi connectivity index (χ3n) is 3.66. The molecule has 0 aliphatic carbocycles. The molecule has 0 radical (unpaired) electrons. The number of hydrogen-bond donors (Lipinski definition) is 1. The number of amides is 1. The predicted molar refractivity (Wildman–Crippen MR) is 67.3 cm³/mol. The highest BCUT2D eigenvalue weighted by Gasteiger charge is 2.21. The highest BCUT2D eigenvalue weighted by Crippen LogP contribution is 2.24. The topological polar surface area (TPSA) is 32.3 Å². The molecule has 1 rings (SSSR count). The van der Waals surface area contributed by atoms with Crippen LogP contribution in [0.15, 0.2) is 0 Å². The minimum Gasteiger partial charge on any atom is -0.342 e. The van der Waals surface area contributed by atoms with Gasteiger partial charge in [0.25, 0.3) is 0 Å². The van der Waals surface area contributed by atoms with Crippen LogP contribution < -0.4 is 5.32 Å². The summed E-state index contributed by atoms with van der Waals surface area (Å²) >= 11 is 0. The molecule has 1 saturated heterocycles. The highest BCUT2D eigenvalue weighted by molar-refractivity contribution is 5.78. The largest absolute Gasteiger partial charge is 0.342 e. The van der Waals surface area contributed by atoms with Crippen LogP contribution in [-0.2, 0) is 4.79 Å². The van der Waals surface area contributed by atoms with Crippen molar-refractivity contribution in [1.82, 2.24) is 10.2 Å². The summed E-state index contributed by atoms with van der Waals surface area (Å²) in [5.74, 6) is 0.845. The Balaban J connectivity index is 2.17. The van der Waals surface area contributed by atoms with E-state index in [4.69, 9.17) is 0 Å². The van der Waals surface area contributed by atoms with Crippen molar-refractivity contribution < 1.29 is 4.79 Å². The van der Waals surface area contributed by atoms with Gasteiger partial charge in [0.2, 0.25) is 5.91 Å². The van der Waals surface area contributed by atoms with Gasteiger partial charge in [0, 0.05) is 13.1 Å². The average Bonchev–Trinajstić information content (AvgIpc) is 2.68. The normalized spacial score (nSPS) is 18.9. The van der Waals surface area contributed by atoms with E-state index in [1.54, 1.807) is 0 Å². The van der Waals surface area contributed by atoms with Gasteiger partial charge < -0.3 is 10.2 Å². The van der Waals surface area contributed by atoms with E-state index >= 15 is 0 Å². The van der Waals surface area contributed by atoms with E-state index in [1.807, 2.05) is 4.90 Å². The molecule has 94 valence electrons. The van der Waals surface area contributed by atoms with Crippen LogP contribution in [-0.4, -0.2) is 37.0 Å². The maximum atomic E-state index is 11.7. The standard InChI is InChI=1S/C13H26N2O/c1-11(13(2,3)4)9-14-10-12(16)15-7-5-6-8-15/h11,14H,5-10H2,1-4H3. The Labute approximate surface area is 99.6 Å². The smallest absolute Gasteiger partial charge is 0.236 e. The van der Waals surface area contributed by atoms with Crippen molar-refractivity contribution in [2.24, 2.45) is 11.3 Å². The second-order valence-corrected chi connectivity index (χ2v) is 5.99. The molecular formula is C13H26N2O. The van der Waals surface area contributed by atoms with E-state index in [-0.39, 0.29) is 5.91 Å².